The monoisotopic (exact) mass is 402 g/mol. The number of carbonyl (C=O) groups is 1. The minimum absolute atomic E-state index is 0.0787. The number of aromatic hydroxyl groups is 1. The molecule has 1 amide bonds. The molecule has 0 fully saturated rings. The molecule has 0 radical (unpaired) electrons. The van der Waals surface area contributed by atoms with Crippen LogP contribution >= 0.6 is 0 Å². The number of hydrogen-bond donors (Lipinski definition) is 4. The van der Waals surface area contributed by atoms with E-state index in [2.05, 4.69) is 20.9 Å². The molecule has 1 aromatic carbocycles. The van der Waals surface area contributed by atoms with E-state index in [0.29, 0.717) is 38.3 Å². The molecule has 2 rings (SSSR count). The first-order valence-electron chi connectivity index (χ1n) is 9.88. The molecule has 158 valence electrons. The number of carbonyl (C=O) groups excluding carboxylic acids is 1. The number of benzene rings is 1. The van der Waals surface area contributed by atoms with Crippen LogP contribution in [0.2, 0.25) is 0 Å². The zero-order chi connectivity index (χ0) is 20.7. The van der Waals surface area contributed by atoms with Crippen LogP contribution in [0.25, 0.3) is 0 Å². The highest BCUT2D eigenvalue weighted by atomic mass is 16.5. The summed E-state index contributed by atoms with van der Waals surface area (Å²) in [7, 11) is 0. The number of aliphatic imine (C=N–C) groups is 1. The maximum atomic E-state index is 12.0. The molecule has 0 spiro atoms. The fourth-order valence-corrected chi connectivity index (χ4v) is 2.51. The van der Waals surface area contributed by atoms with E-state index in [1.54, 1.807) is 18.4 Å². The van der Waals surface area contributed by atoms with Crippen molar-refractivity contribution in [3.63, 3.8) is 0 Å². The summed E-state index contributed by atoms with van der Waals surface area (Å²) in [5.41, 5.74) is 0.442. The first kappa shape index (κ1) is 22.3. The summed E-state index contributed by atoms with van der Waals surface area (Å²) in [6, 6.07) is 10.0. The van der Waals surface area contributed by atoms with E-state index < -0.39 is 0 Å². The average molecular weight is 402 g/mol. The number of phenolic OH excluding ortho intramolecular Hbond substituents is 1. The van der Waals surface area contributed by atoms with Gasteiger partial charge in [0.25, 0.3) is 5.91 Å². The number of nitrogens with one attached hydrogen (secondary N) is 3. The number of hydrogen-bond acceptors (Lipinski definition) is 5. The lowest BCUT2D eigenvalue weighted by molar-refractivity contribution is 0.0953. The Labute approximate surface area is 171 Å². The summed E-state index contributed by atoms with van der Waals surface area (Å²) < 4.78 is 10.8. The number of ether oxygens (including phenoxy) is 1. The largest absolute Gasteiger partial charge is 0.508 e. The third kappa shape index (κ3) is 9.16. The molecule has 4 N–H and O–H groups in total. The topological polar surface area (TPSA) is 108 Å². The maximum Gasteiger partial charge on any atom is 0.251 e. The molecule has 0 aliphatic heterocycles. The van der Waals surface area contributed by atoms with Crippen molar-refractivity contribution >= 4 is 11.9 Å². The van der Waals surface area contributed by atoms with Gasteiger partial charge in [0.1, 0.15) is 18.1 Å². The lowest BCUT2D eigenvalue weighted by Crippen LogP contribution is -2.38. The zero-order valence-corrected chi connectivity index (χ0v) is 16.8. The van der Waals surface area contributed by atoms with E-state index in [9.17, 15) is 9.90 Å². The van der Waals surface area contributed by atoms with Gasteiger partial charge in [-0.1, -0.05) is 6.07 Å². The van der Waals surface area contributed by atoms with Crippen molar-refractivity contribution in [2.45, 2.75) is 26.4 Å². The number of rotatable bonds is 12. The highest BCUT2D eigenvalue weighted by molar-refractivity contribution is 5.94. The Hall–Kier alpha value is -3.00. The fourth-order valence-electron chi connectivity index (χ4n) is 2.51. The third-order valence-electron chi connectivity index (χ3n) is 3.93. The molecular formula is C21H30N4O4. The minimum Gasteiger partial charge on any atom is -0.508 e. The van der Waals surface area contributed by atoms with Crippen LogP contribution in [0.1, 0.15) is 35.9 Å². The second-order valence-corrected chi connectivity index (χ2v) is 6.33. The van der Waals surface area contributed by atoms with Crippen molar-refractivity contribution in [3.05, 3.63) is 54.0 Å². The lowest BCUT2D eigenvalue weighted by atomic mass is 10.2. The van der Waals surface area contributed by atoms with Crippen LogP contribution in [0.5, 0.6) is 5.75 Å². The van der Waals surface area contributed by atoms with Crippen molar-refractivity contribution in [3.8, 4) is 5.75 Å². The molecule has 8 heteroatoms. The Bertz CT molecular complexity index is 747. The smallest absolute Gasteiger partial charge is 0.251 e. The van der Waals surface area contributed by atoms with E-state index in [1.165, 1.54) is 12.1 Å². The van der Waals surface area contributed by atoms with Crippen LogP contribution in [-0.4, -0.2) is 49.8 Å². The van der Waals surface area contributed by atoms with Crippen LogP contribution in [-0.2, 0) is 11.3 Å². The predicted octanol–water partition coefficient (Wildman–Crippen LogP) is 2.27. The molecule has 29 heavy (non-hydrogen) atoms. The fraction of sp³-hybridized carbons (Fsp3) is 0.429. The third-order valence-corrected chi connectivity index (χ3v) is 3.93. The Kier molecular flexibility index (Phi) is 10.2. The molecule has 0 aliphatic rings. The number of nitrogens with zero attached hydrogens (tertiary/aromatic N) is 1. The highest BCUT2D eigenvalue weighted by Gasteiger charge is 2.05. The van der Waals surface area contributed by atoms with Gasteiger partial charge in [-0.25, -0.2) is 0 Å². The Morgan fingerprint density at radius 3 is 2.76 bits per heavy atom. The summed E-state index contributed by atoms with van der Waals surface area (Å²) in [6.07, 6.45) is 3.20. The molecule has 0 bridgehead atoms. The van der Waals surface area contributed by atoms with E-state index in [1.807, 2.05) is 19.1 Å². The van der Waals surface area contributed by atoms with Crippen LogP contribution in [0.3, 0.4) is 0 Å². The van der Waals surface area contributed by atoms with E-state index in [-0.39, 0.29) is 11.7 Å². The average Bonchev–Trinajstić information content (AvgIpc) is 3.23. The standard InChI is InChI=1S/C21H30N4O4/c1-2-22-21(25-12-6-13-28-16-19-9-4-14-29-19)24-11-5-10-23-20(27)17-7-3-8-18(26)15-17/h3-4,7-9,14-15,26H,2,5-6,10-13,16H2,1H3,(H,23,27)(H2,22,24,25). The predicted molar refractivity (Wildman–Crippen MR) is 112 cm³/mol. The Balaban J connectivity index is 1.58. The summed E-state index contributed by atoms with van der Waals surface area (Å²) in [4.78, 5) is 16.5. The number of guanidine groups is 1. The van der Waals surface area contributed by atoms with Gasteiger partial charge in [0.05, 0.1) is 6.26 Å². The summed E-state index contributed by atoms with van der Waals surface area (Å²) >= 11 is 0. The highest BCUT2D eigenvalue weighted by Crippen LogP contribution is 2.10. The molecule has 0 saturated heterocycles. The zero-order valence-electron chi connectivity index (χ0n) is 16.8. The molecule has 1 heterocycles. The first-order chi connectivity index (χ1) is 14.2. The number of phenols is 1. The lowest BCUT2D eigenvalue weighted by Gasteiger charge is -2.11. The SMILES string of the molecule is CCNC(=NCCCNC(=O)c1cccc(O)c1)NCCCOCc1ccco1. The van der Waals surface area contributed by atoms with Crippen molar-refractivity contribution in [2.75, 3.05) is 32.8 Å². The van der Waals surface area contributed by atoms with Gasteiger partial charge < -0.3 is 30.2 Å². The molecule has 8 nitrogen and oxygen atoms in total. The number of furan rings is 1. The van der Waals surface area contributed by atoms with Crippen LogP contribution in [0.15, 0.2) is 52.1 Å². The van der Waals surface area contributed by atoms with Gasteiger partial charge in [0, 0.05) is 38.3 Å². The van der Waals surface area contributed by atoms with Crippen molar-refractivity contribution in [1.82, 2.24) is 16.0 Å². The normalized spacial score (nSPS) is 11.3. The molecule has 1 aromatic heterocycles. The number of amides is 1. The van der Waals surface area contributed by atoms with Gasteiger partial charge in [-0.2, -0.15) is 0 Å². The van der Waals surface area contributed by atoms with Crippen molar-refractivity contribution in [2.24, 2.45) is 4.99 Å². The molecule has 0 unspecified atom stereocenters. The molecular weight excluding hydrogens is 372 g/mol. The second kappa shape index (κ2) is 13.2. The Morgan fingerprint density at radius 1 is 1.14 bits per heavy atom. The quantitative estimate of drug-likeness (QED) is 0.246. The van der Waals surface area contributed by atoms with Crippen molar-refractivity contribution < 1.29 is 19.1 Å². The molecule has 2 aromatic rings. The summed E-state index contributed by atoms with van der Waals surface area (Å²) in [5, 5.41) is 18.7. The van der Waals surface area contributed by atoms with Crippen LogP contribution < -0.4 is 16.0 Å². The van der Waals surface area contributed by atoms with Crippen LogP contribution in [0, 0.1) is 0 Å². The second-order valence-electron chi connectivity index (χ2n) is 6.33. The minimum atomic E-state index is -0.204. The molecule has 0 aliphatic carbocycles. The van der Waals surface area contributed by atoms with Gasteiger partial charge in [-0.05, 0) is 50.1 Å². The van der Waals surface area contributed by atoms with Crippen molar-refractivity contribution in [1.29, 1.82) is 0 Å². The van der Waals surface area contributed by atoms with Gasteiger partial charge in [0.2, 0.25) is 0 Å². The molecule has 0 saturated carbocycles. The van der Waals surface area contributed by atoms with Gasteiger partial charge in [0.15, 0.2) is 5.96 Å². The van der Waals surface area contributed by atoms with E-state index in [4.69, 9.17) is 9.15 Å². The van der Waals surface area contributed by atoms with Crippen LogP contribution in [0.4, 0.5) is 0 Å². The summed E-state index contributed by atoms with van der Waals surface area (Å²) in [5.74, 6) is 1.45. The first-order valence-corrected chi connectivity index (χ1v) is 9.88. The van der Waals surface area contributed by atoms with Gasteiger partial charge in [-0.15, -0.1) is 0 Å². The molecule has 0 atom stereocenters. The summed E-state index contributed by atoms with van der Waals surface area (Å²) in [6.45, 7) is 5.75. The van der Waals surface area contributed by atoms with Gasteiger partial charge >= 0.3 is 0 Å². The van der Waals surface area contributed by atoms with E-state index >= 15 is 0 Å². The maximum absolute atomic E-state index is 12.0. The van der Waals surface area contributed by atoms with Gasteiger partial charge in [-0.3, -0.25) is 9.79 Å². The van der Waals surface area contributed by atoms with E-state index in [0.717, 1.165) is 31.2 Å². The Morgan fingerprint density at radius 2 is 2.00 bits per heavy atom.